The van der Waals surface area contributed by atoms with Crippen LogP contribution in [-0.2, 0) is 20.9 Å². The number of carbonyl (C=O) groups is 1. The Balaban J connectivity index is 1.55. The Bertz CT molecular complexity index is 1180. The number of alkyl halides is 4. The van der Waals surface area contributed by atoms with Crippen molar-refractivity contribution < 1.29 is 31.6 Å². The number of benzene rings is 2. The molecular formula is C23H19Cl2F5N2O2S. The summed E-state index contributed by atoms with van der Waals surface area (Å²) in [5.41, 5.74) is -4.67. The maximum absolute atomic E-state index is 15.3. The molecule has 0 aromatic heterocycles. The molecule has 0 radical (unpaired) electrons. The van der Waals surface area contributed by atoms with E-state index in [1.54, 1.807) is 13.8 Å². The molecule has 2 heterocycles. The van der Waals surface area contributed by atoms with Crippen LogP contribution in [0.15, 0.2) is 41.6 Å². The van der Waals surface area contributed by atoms with Crippen LogP contribution in [0.25, 0.3) is 0 Å². The van der Waals surface area contributed by atoms with E-state index in [0.717, 1.165) is 12.1 Å². The Labute approximate surface area is 213 Å². The van der Waals surface area contributed by atoms with Crippen LogP contribution in [0.1, 0.15) is 37.0 Å². The zero-order valence-electron chi connectivity index (χ0n) is 18.4. The van der Waals surface area contributed by atoms with Crippen molar-refractivity contribution in [1.29, 1.82) is 0 Å². The zero-order valence-corrected chi connectivity index (χ0v) is 20.8. The van der Waals surface area contributed by atoms with Crippen molar-refractivity contribution in [2.75, 3.05) is 13.1 Å². The van der Waals surface area contributed by atoms with Crippen molar-refractivity contribution in [3.63, 3.8) is 0 Å². The number of carbonyl (C=O) groups excluding carboxylic acids is 1. The summed E-state index contributed by atoms with van der Waals surface area (Å²) in [6.45, 7) is 2.93. The molecule has 35 heavy (non-hydrogen) atoms. The lowest BCUT2D eigenvalue weighted by Crippen LogP contribution is -2.61. The summed E-state index contributed by atoms with van der Waals surface area (Å²) in [6, 6.07) is 7.35. The molecule has 1 fully saturated rings. The lowest BCUT2D eigenvalue weighted by Gasteiger charge is -2.46. The molecule has 0 aliphatic carbocycles. The smallest absolute Gasteiger partial charge is 0.374 e. The molecule has 2 aliphatic heterocycles. The van der Waals surface area contributed by atoms with E-state index in [1.165, 1.54) is 29.2 Å². The summed E-state index contributed by atoms with van der Waals surface area (Å²) in [7, 11) is 0. The van der Waals surface area contributed by atoms with Gasteiger partial charge in [0.05, 0.1) is 33.6 Å². The number of halogens is 7. The monoisotopic (exact) mass is 552 g/mol. The molecular weight excluding hydrogens is 534 g/mol. The third-order valence-corrected chi connectivity index (χ3v) is 6.81. The number of hydrogen-bond acceptors (Lipinski definition) is 4. The van der Waals surface area contributed by atoms with E-state index in [2.05, 4.69) is 17.8 Å². The predicted octanol–water partition coefficient (Wildman–Crippen LogP) is 6.43. The first-order chi connectivity index (χ1) is 16.1. The molecule has 1 saturated heterocycles. The maximum Gasteiger partial charge on any atom is 0.435 e. The van der Waals surface area contributed by atoms with E-state index in [9.17, 15) is 22.4 Å². The van der Waals surface area contributed by atoms with Crippen LogP contribution in [0.3, 0.4) is 0 Å². The third-order valence-electron chi connectivity index (χ3n) is 6.07. The minimum absolute atomic E-state index is 0.0411. The Morgan fingerprint density at radius 3 is 2.11 bits per heavy atom. The molecule has 4 nitrogen and oxygen atoms in total. The second-order valence-corrected chi connectivity index (χ2v) is 11.1. The first kappa shape index (κ1) is 26.0. The second-order valence-electron chi connectivity index (χ2n) is 9.15. The Kier molecular flexibility index (Phi) is 6.34. The van der Waals surface area contributed by atoms with Gasteiger partial charge < -0.3 is 9.74 Å². The van der Waals surface area contributed by atoms with Gasteiger partial charge in [-0.05, 0) is 37.1 Å². The van der Waals surface area contributed by atoms with E-state index in [0.29, 0.717) is 0 Å². The van der Waals surface area contributed by atoms with Crippen LogP contribution in [-0.4, -0.2) is 40.5 Å². The number of nitrogens with zero attached hydrogens (tertiary/aromatic N) is 2. The maximum atomic E-state index is 15.3. The molecule has 1 amide bonds. The second kappa shape index (κ2) is 8.52. The Morgan fingerprint density at radius 2 is 1.63 bits per heavy atom. The molecule has 4 rings (SSSR count). The largest absolute Gasteiger partial charge is 0.435 e. The fourth-order valence-electron chi connectivity index (χ4n) is 4.08. The summed E-state index contributed by atoms with van der Waals surface area (Å²) in [4.78, 5) is 18.5. The molecule has 188 valence electrons. The van der Waals surface area contributed by atoms with Crippen molar-refractivity contribution in [2.45, 2.75) is 42.5 Å². The van der Waals surface area contributed by atoms with Gasteiger partial charge in [-0.2, -0.15) is 25.8 Å². The van der Waals surface area contributed by atoms with Crippen LogP contribution in [0.4, 0.5) is 22.0 Å². The lowest BCUT2D eigenvalue weighted by atomic mass is 9.84. The molecule has 0 bridgehead atoms. The van der Waals surface area contributed by atoms with Gasteiger partial charge in [-0.1, -0.05) is 52.6 Å². The quantitative estimate of drug-likeness (QED) is 0.270. The summed E-state index contributed by atoms with van der Waals surface area (Å²) in [5.74, 6) is -1.34. The highest BCUT2D eigenvalue weighted by Crippen LogP contribution is 2.50. The number of thiol groups is 1. The molecule has 2 aromatic carbocycles. The average molecular weight is 553 g/mol. The van der Waals surface area contributed by atoms with Gasteiger partial charge in [-0.3, -0.25) is 4.79 Å². The Hall–Kier alpha value is -2.04. The van der Waals surface area contributed by atoms with Crippen molar-refractivity contribution in [3.05, 3.63) is 69.0 Å². The molecule has 1 unspecified atom stereocenters. The summed E-state index contributed by atoms with van der Waals surface area (Å²) in [6.07, 6.45) is -5.66. The minimum Gasteiger partial charge on any atom is -0.374 e. The molecule has 0 spiro atoms. The predicted molar refractivity (Wildman–Crippen MR) is 125 cm³/mol. The van der Waals surface area contributed by atoms with Crippen LogP contribution in [0.2, 0.25) is 10.0 Å². The van der Waals surface area contributed by atoms with E-state index in [4.69, 9.17) is 28.0 Å². The highest BCUT2D eigenvalue weighted by Gasteiger charge is 2.62. The summed E-state index contributed by atoms with van der Waals surface area (Å²) < 4.78 is 70.6. The normalized spacial score (nSPS) is 21.9. The first-order valence-electron chi connectivity index (χ1n) is 10.4. The number of rotatable bonds is 4. The first-order valence-corrected chi connectivity index (χ1v) is 11.6. The third kappa shape index (κ3) is 4.49. The highest BCUT2D eigenvalue weighted by molar-refractivity contribution is 7.82. The van der Waals surface area contributed by atoms with E-state index >= 15 is 4.39 Å². The van der Waals surface area contributed by atoms with E-state index in [1.807, 2.05) is 0 Å². The van der Waals surface area contributed by atoms with E-state index < -0.39 is 50.0 Å². The molecule has 2 aliphatic rings. The SMILES string of the molecule is CC(C)(S)C(=O)N1CC(F)(c2ccc(C3=NOC(c4cc(Cl)c(F)c(Cl)c4)(C(F)(F)F)C3)cc2)C1. The van der Waals surface area contributed by atoms with Gasteiger partial charge in [-0.15, -0.1) is 0 Å². The van der Waals surface area contributed by atoms with Crippen molar-refractivity contribution >= 4 is 47.4 Å². The van der Waals surface area contributed by atoms with Crippen molar-refractivity contribution in [1.82, 2.24) is 4.90 Å². The van der Waals surface area contributed by atoms with Crippen molar-refractivity contribution in [2.24, 2.45) is 5.16 Å². The van der Waals surface area contributed by atoms with Gasteiger partial charge in [0, 0.05) is 12.0 Å². The van der Waals surface area contributed by atoms with Gasteiger partial charge >= 0.3 is 6.18 Å². The fraction of sp³-hybridized carbons (Fsp3) is 0.391. The van der Waals surface area contributed by atoms with Gasteiger partial charge in [0.25, 0.3) is 5.60 Å². The molecule has 2 aromatic rings. The summed E-state index contributed by atoms with van der Waals surface area (Å²) >= 11 is 15.6. The summed E-state index contributed by atoms with van der Waals surface area (Å²) in [5, 5.41) is 2.47. The number of hydrogen-bond donors (Lipinski definition) is 1. The molecule has 0 N–H and O–H groups in total. The molecule has 1 atom stereocenters. The van der Waals surface area contributed by atoms with Gasteiger partial charge in [0.15, 0.2) is 11.5 Å². The van der Waals surface area contributed by atoms with Gasteiger partial charge in [0.2, 0.25) is 5.91 Å². The molecule has 12 heteroatoms. The fourth-order valence-corrected chi connectivity index (χ4v) is 4.71. The van der Waals surface area contributed by atoms with Crippen LogP contribution in [0, 0.1) is 5.82 Å². The van der Waals surface area contributed by atoms with Crippen LogP contribution in [0.5, 0.6) is 0 Å². The standard InChI is InChI=1S/C23H19Cl2F5N2O2S/c1-20(2,35)19(33)32-10-21(27,11-32)13-5-3-12(4-6-13)17-9-22(34-31-17,23(28,29)30)14-7-15(24)18(26)16(25)8-14/h3-8,35H,9-11H2,1-2H3. The number of oxime groups is 1. The minimum atomic E-state index is -4.94. The van der Waals surface area contributed by atoms with Crippen molar-refractivity contribution in [3.8, 4) is 0 Å². The highest BCUT2D eigenvalue weighted by atomic mass is 35.5. The number of amides is 1. The molecule has 0 saturated carbocycles. The van der Waals surface area contributed by atoms with Crippen LogP contribution >= 0.6 is 35.8 Å². The van der Waals surface area contributed by atoms with Gasteiger partial charge in [-0.25, -0.2) is 8.78 Å². The zero-order chi connectivity index (χ0) is 26.0. The lowest BCUT2D eigenvalue weighted by molar-refractivity contribution is -0.275. The average Bonchev–Trinajstić information content (AvgIpc) is 3.21. The van der Waals surface area contributed by atoms with Crippen LogP contribution < -0.4 is 0 Å². The van der Waals surface area contributed by atoms with E-state index in [-0.39, 0.29) is 35.8 Å². The number of likely N-dealkylation sites (tertiary alicyclic amines) is 1. The topological polar surface area (TPSA) is 41.9 Å². The Morgan fingerprint density at radius 1 is 1.09 bits per heavy atom. The van der Waals surface area contributed by atoms with Gasteiger partial charge in [0.1, 0.15) is 0 Å².